The highest BCUT2D eigenvalue weighted by Crippen LogP contribution is 2.22. The van der Waals surface area contributed by atoms with Crippen LogP contribution in [0.3, 0.4) is 0 Å². The van der Waals surface area contributed by atoms with E-state index in [-0.39, 0.29) is 5.56 Å². The summed E-state index contributed by atoms with van der Waals surface area (Å²) in [4.78, 5) is 58.2. The smallest absolute Gasteiger partial charge is 0.301 e. The van der Waals surface area contributed by atoms with Crippen molar-refractivity contribution in [2.45, 2.75) is 26.8 Å². The number of nitrogens with zero attached hydrogens (tertiary/aromatic N) is 5. The molecule has 4 heterocycles. The van der Waals surface area contributed by atoms with E-state index in [1.54, 1.807) is 25.6 Å². The normalized spacial score (nSPS) is 11.0. The van der Waals surface area contributed by atoms with Crippen molar-refractivity contribution >= 4 is 69.4 Å². The first kappa shape index (κ1) is 28.3. The molecule has 2 N–H and O–H groups in total. The molecular weight excluding hydrogens is 654 g/mol. The van der Waals surface area contributed by atoms with Crippen LogP contribution >= 0.6 is 47.8 Å². The third-order valence-electron chi connectivity index (χ3n) is 4.55. The van der Waals surface area contributed by atoms with Crippen LogP contribution in [0.2, 0.25) is 0 Å². The van der Waals surface area contributed by atoms with Crippen LogP contribution in [0.4, 0.5) is 5.82 Å². The van der Waals surface area contributed by atoms with Gasteiger partial charge in [0.2, 0.25) is 0 Å². The van der Waals surface area contributed by atoms with Gasteiger partial charge in [0.05, 0.1) is 22.1 Å². The van der Waals surface area contributed by atoms with Crippen LogP contribution < -0.4 is 22.5 Å². The van der Waals surface area contributed by atoms with Gasteiger partial charge in [0.25, 0.3) is 11.1 Å². The summed E-state index contributed by atoms with van der Waals surface area (Å²) in [6.07, 6.45) is 0.457. The zero-order valence-electron chi connectivity index (χ0n) is 19.1. The van der Waals surface area contributed by atoms with Crippen molar-refractivity contribution < 1.29 is 0 Å². The summed E-state index contributed by atoms with van der Waals surface area (Å²) in [5.74, 6) is 11.5. The Labute approximate surface area is 224 Å². The van der Waals surface area contributed by atoms with Gasteiger partial charge in [0, 0.05) is 20.5 Å². The van der Waals surface area contributed by atoms with Gasteiger partial charge in [-0.05, 0) is 45.7 Å². The first-order valence-electron chi connectivity index (χ1n) is 9.82. The lowest BCUT2D eigenvalue weighted by molar-refractivity contribution is 0.796. The minimum absolute atomic E-state index is 0.335. The Balaban J connectivity index is 0.000000212. The first-order chi connectivity index (χ1) is 16.6. The second-order valence-electron chi connectivity index (χ2n) is 6.73. The number of aryl methyl sites for hydroxylation is 1. The summed E-state index contributed by atoms with van der Waals surface area (Å²) in [5, 5.41) is 0.795. The number of hydrogen-bond acceptors (Lipinski definition) is 6. The van der Waals surface area contributed by atoms with E-state index in [0.717, 1.165) is 5.33 Å². The van der Waals surface area contributed by atoms with Gasteiger partial charge >= 0.3 is 11.4 Å². The molecule has 0 radical (unpaired) electrons. The SMILES string of the molecule is CC#CCBr.CC#CCn1c(Br)nc2c1c(=O)[nH]c(=O)n2C.Cn1c2c(c(=O)[nH]c1=O)CC(Br)=N2. The lowest BCUT2D eigenvalue weighted by atomic mass is 10.2. The fourth-order valence-electron chi connectivity index (χ4n) is 2.84. The van der Waals surface area contributed by atoms with Gasteiger partial charge < -0.3 is 4.57 Å². The molecule has 4 rings (SSSR count). The van der Waals surface area contributed by atoms with E-state index < -0.39 is 16.9 Å². The first-order valence-corrected chi connectivity index (χ1v) is 12.5. The van der Waals surface area contributed by atoms with Gasteiger partial charge in [-0.15, -0.1) is 11.8 Å². The lowest BCUT2D eigenvalue weighted by Gasteiger charge is -2.00. The number of H-pyrrole nitrogens is 2. The number of aromatic amines is 2. The van der Waals surface area contributed by atoms with Gasteiger partial charge in [-0.25, -0.2) is 19.6 Å². The Hall–Kier alpha value is -2.94. The number of halogens is 3. The molecule has 184 valence electrons. The van der Waals surface area contributed by atoms with Crippen molar-refractivity contribution in [2.75, 3.05) is 5.33 Å². The topological polar surface area (TPSA) is 140 Å². The van der Waals surface area contributed by atoms with Crippen LogP contribution in [-0.2, 0) is 27.1 Å². The molecule has 0 spiro atoms. The average molecular weight is 674 g/mol. The number of fused-ring (bicyclic) bond motifs is 2. The van der Waals surface area contributed by atoms with Crippen molar-refractivity contribution in [1.29, 1.82) is 0 Å². The number of aliphatic imine (C=N–C) groups is 1. The minimum atomic E-state index is -0.485. The number of nitrogens with one attached hydrogen (secondary N) is 2. The summed E-state index contributed by atoms with van der Waals surface area (Å²) < 4.78 is 5.38. The van der Waals surface area contributed by atoms with Crippen molar-refractivity contribution in [3.8, 4) is 23.7 Å². The Morgan fingerprint density at radius 3 is 2.11 bits per heavy atom. The second kappa shape index (κ2) is 12.7. The van der Waals surface area contributed by atoms with Crippen LogP contribution in [-0.4, -0.2) is 38.6 Å². The number of aromatic nitrogens is 6. The molecule has 0 aliphatic carbocycles. The fraction of sp³-hybridized carbons (Fsp3) is 0.333. The molecule has 0 atom stereocenters. The second-order valence-corrected chi connectivity index (χ2v) is 8.92. The molecule has 1 aliphatic heterocycles. The lowest BCUT2D eigenvalue weighted by Crippen LogP contribution is -2.29. The molecule has 0 fully saturated rings. The molecule has 0 unspecified atom stereocenters. The largest absolute Gasteiger partial charge is 0.329 e. The molecule has 3 aromatic heterocycles. The molecule has 0 saturated carbocycles. The number of alkyl halides is 1. The highest BCUT2D eigenvalue weighted by molar-refractivity contribution is 9.18. The van der Waals surface area contributed by atoms with Crippen molar-refractivity contribution in [1.82, 2.24) is 28.7 Å². The van der Waals surface area contributed by atoms with Gasteiger partial charge in [0.15, 0.2) is 15.9 Å². The molecule has 11 nitrogen and oxygen atoms in total. The number of imidazole rings is 1. The van der Waals surface area contributed by atoms with E-state index >= 15 is 0 Å². The minimum Gasteiger partial charge on any atom is -0.301 e. The van der Waals surface area contributed by atoms with Crippen molar-refractivity contribution in [3.63, 3.8) is 0 Å². The predicted octanol–water partition coefficient (Wildman–Crippen LogP) is 1.67. The van der Waals surface area contributed by atoms with Crippen LogP contribution in [0.5, 0.6) is 0 Å². The van der Waals surface area contributed by atoms with Crippen LogP contribution in [0.1, 0.15) is 19.4 Å². The summed E-state index contributed by atoms with van der Waals surface area (Å²) in [5.41, 5.74) is -0.523. The number of hydrogen-bond donors (Lipinski definition) is 2. The standard InChI is InChI=1S/C10H9BrN4O2.C7H6BrN3O2.C4H5Br/c1-3-4-5-15-6-7(12-9(15)11)14(2)10(17)13-8(6)16;1-11-5-3(2-4(8)9-5)6(12)10-7(11)13;1-2-3-4-5/h5H2,1-2H3,(H,13,16,17);2H2,1H3,(H,10,12,13);4H2,1H3. The summed E-state index contributed by atoms with van der Waals surface area (Å²) >= 11 is 9.58. The fourth-order valence-corrected chi connectivity index (χ4v) is 4.04. The Morgan fingerprint density at radius 2 is 1.54 bits per heavy atom. The Morgan fingerprint density at radius 1 is 0.943 bits per heavy atom. The third-order valence-corrected chi connectivity index (χ3v) is 5.90. The van der Waals surface area contributed by atoms with Crippen LogP contribution in [0.15, 0.2) is 28.9 Å². The molecule has 0 saturated heterocycles. The molecule has 1 aliphatic rings. The van der Waals surface area contributed by atoms with Crippen LogP contribution in [0, 0.1) is 23.7 Å². The van der Waals surface area contributed by atoms with Gasteiger partial charge in [-0.3, -0.25) is 28.7 Å². The summed E-state index contributed by atoms with van der Waals surface area (Å²) in [7, 11) is 3.13. The van der Waals surface area contributed by atoms with E-state index in [1.807, 2.05) is 6.92 Å². The van der Waals surface area contributed by atoms with Gasteiger partial charge in [-0.1, -0.05) is 27.8 Å². The van der Waals surface area contributed by atoms with Gasteiger partial charge in [0.1, 0.15) is 5.82 Å². The molecule has 14 heteroatoms. The van der Waals surface area contributed by atoms with Crippen molar-refractivity contribution in [3.05, 3.63) is 52.0 Å². The molecule has 0 aromatic carbocycles. The molecule has 35 heavy (non-hydrogen) atoms. The maximum absolute atomic E-state index is 11.8. The van der Waals surface area contributed by atoms with E-state index in [0.29, 0.717) is 44.9 Å². The van der Waals surface area contributed by atoms with E-state index in [4.69, 9.17) is 0 Å². The predicted molar refractivity (Wildman–Crippen MR) is 146 cm³/mol. The van der Waals surface area contributed by atoms with E-state index in [9.17, 15) is 19.2 Å². The summed E-state index contributed by atoms with van der Waals surface area (Å²) in [6.45, 7) is 3.88. The summed E-state index contributed by atoms with van der Waals surface area (Å²) in [6, 6.07) is 0. The Kier molecular flexibility index (Phi) is 10.2. The van der Waals surface area contributed by atoms with E-state index in [2.05, 4.69) is 91.4 Å². The molecule has 0 bridgehead atoms. The molecular formula is C21H20Br3N7O4. The highest BCUT2D eigenvalue weighted by atomic mass is 79.9. The highest BCUT2D eigenvalue weighted by Gasteiger charge is 2.19. The zero-order chi connectivity index (χ0) is 26.3. The Bertz CT molecular complexity index is 1650. The maximum atomic E-state index is 11.8. The third kappa shape index (κ3) is 6.60. The van der Waals surface area contributed by atoms with Crippen molar-refractivity contribution in [2.24, 2.45) is 19.1 Å². The monoisotopic (exact) mass is 671 g/mol. The maximum Gasteiger partial charge on any atom is 0.329 e. The van der Waals surface area contributed by atoms with E-state index in [1.165, 1.54) is 9.13 Å². The average Bonchev–Trinajstić information content (AvgIpc) is 3.36. The quantitative estimate of drug-likeness (QED) is 0.230. The zero-order valence-corrected chi connectivity index (χ0v) is 23.9. The number of rotatable bonds is 1. The molecule has 3 aromatic rings. The van der Waals surface area contributed by atoms with Crippen LogP contribution in [0.25, 0.3) is 11.2 Å². The van der Waals surface area contributed by atoms with Gasteiger partial charge in [-0.2, -0.15) is 0 Å². The molecule has 0 amide bonds.